The largest absolute Gasteiger partial charge is 0.368 e. The zero-order chi connectivity index (χ0) is 14.7. The number of aryl methyl sites for hydroxylation is 1. The first-order chi connectivity index (χ1) is 8.61. The van der Waals surface area contributed by atoms with E-state index in [-0.39, 0.29) is 5.56 Å². The van der Waals surface area contributed by atoms with Crippen molar-refractivity contribution in [1.82, 2.24) is 14.7 Å². The summed E-state index contributed by atoms with van der Waals surface area (Å²) in [6.45, 7) is 5.70. The molecule has 1 aromatic heterocycles. The first kappa shape index (κ1) is 15.6. The molecule has 19 heavy (non-hydrogen) atoms. The van der Waals surface area contributed by atoms with Crippen molar-refractivity contribution in [1.29, 1.82) is 0 Å². The molecular formula is C11H20N4O3S. The molecule has 0 aliphatic carbocycles. The van der Waals surface area contributed by atoms with E-state index in [2.05, 4.69) is 20.0 Å². The molecule has 1 rings (SSSR count). The van der Waals surface area contributed by atoms with Crippen molar-refractivity contribution < 1.29 is 8.42 Å². The van der Waals surface area contributed by atoms with Gasteiger partial charge >= 0.3 is 0 Å². The Hall–Kier alpha value is -1.41. The molecule has 0 atom stereocenters. The molecule has 0 aliphatic heterocycles. The maximum absolute atomic E-state index is 11.4. The molecule has 0 saturated carbocycles. The first-order valence-electron chi connectivity index (χ1n) is 5.94. The van der Waals surface area contributed by atoms with Gasteiger partial charge in [0.25, 0.3) is 5.56 Å². The fourth-order valence-electron chi connectivity index (χ4n) is 1.62. The first-order valence-corrected chi connectivity index (χ1v) is 7.83. The number of rotatable bonds is 6. The Morgan fingerprint density at radius 3 is 2.58 bits per heavy atom. The predicted octanol–water partition coefficient (Wildman–Crippen LogP) is 0.0720. The monoisotopic (exact) mass is 288 g/mol. The van der Waals surface area contributed by atoms with Crippen molar-refractivity contribution in [2.24, 2.45) is 0 Å². The molecule has 3 N–H and O–H groups in total. The van der Waals surface area contributed by atoms with E-state index in [1.54, 1.807) is 13.8 Å². The molecule has 0 amide bonds. The highest BCUT2D eigenvalue weighted by Gasteiger charge is 2.22. The second kappa shape index (κ2) is 5.70. The quantitative estimate of drug-likeness (QED) is 0.687. The molecule has 0 unspecified atom stereocenters. The molecular weight excluding hydrogens is 268 g/mol. The van der Waals surface area contributed by atoms with Crippen molar-refractivity contribution in [3.05, 3.63) is 22.2 Å². The highest BCUT2D eigenvalue weighted by molar-refractivity contribution is 7.88. The lowest BCUT2D eigenvalue weighted by molar-refractivity contribution is 0.475. The second-order valence-electron chi connectivity index (χ2n) is 5.04. The zero-order valence-electron chi connectivity index (χ0n) is 11.6. The Kier molecular flexibility index (Phi) is 4.70. The molecule has 0 bridgehead atoms. The van der Waals surface area contributed by atoms with E-state index >= 15 is 0 Å². The van der Waals surface area contributed by atoms with Gasteiger partial charge in [-0.25, -0.2) is 18.1 Å². The van der Waals surface area contributed by atoms with Gasteiger partial charge in [0.15, 0.2) is 0 Å². The Morgan fingerprint density at radius 1 is 1.42 bits per heavy atom. The Labute approximate surface area is 112 Å². The lowest BCUT2D eigenvalue weighted by Crippen LogP contribution is -2.47. The number of nitrogens with zero attached hydrogens (tertiary/aromatic N) is 1. The van der Waals surface area contributed by atoms with Gasteiger partial charge in [0.1, 0.15) is 11.6 Å². The molecule has 0 aromatic carbocycles. The van der Waals surface area contributed by atoms with Crippen LogP contribution in [0.2, 0.25) is 0 Å². The highest BCUT2D eigenvalue weighted by Crippen LogP contribution is 2.07. The third kappa shape index (κ3) is 5.84. The minimum atomic E-state index is -3.29. The lowest BCUT2D eigenvalue weighted by Gasteiger charge is -2.25. The molecule has 0 fully saturated rings. The van der Waals surface area contributed by atoms with Gasteiger partial charge in [-0.1, -0.05) is 6.92 Å². The second-order valence-corrected chi connectivity index (χ2v) is 6.79. The molecule has 0 saturated heterocycles. The van der Waals surface area contributed by atoms with Gasteiger partial charge < -0.3 is 10.3 Å². The SMILES string of the molecule is CCc1nc(NCC(C)(C)NS(C)(=O)=O)cc(=O)[nH]1. The summed E-state index contributed by atoms with van der Waals surface area (Å²) < 4.78 is 24.9. The Morgan fingerprint density at radius 2 is 2.05 bits per heavy atom. The fourth-order valence-corrected chi connectivity index (χ4v) is 2.69. The van der Waals surface area contributed by atoms with Crippen LogP contribution in [-0.4, -0.2) is 36.7 Å². The molecule has 0 spiro atoms. The van der Waals surface area contributed by atoms with E-state index in [4.69, 9.17) is 0 Å². The number of hydrogen-bond acceptors (Lipinski definition) is 5. The average Bonchev–Trinajstić information content (AvgIpc) is 2.22. The average molecular weight is 288 g/mol. The molecule has 1 aromatic rings. The van der Waals surface area contributed by atoms with Crippen LogP contribution in [0.3, 0.4) is 0 Å². The van der Waals surface area contributed by atoms with Crippen LogP contribution in [0.25, 0.3) is 0 Å². The van der Waals surface area contributed by atoms with Gasteiger partial charge in [0.05, 0.1) is 6.26 Å². The Balaban J connectivity index is 2.76. The summed E-state index contributed by atoms with van der Waals surface area (Å²) >= 11 is 0. The summed E-state index contributed by atoms with van der Waals surface area (Å²) in [5.41, 5.74) is -0.909. The van der Waals surface area contributed by atoms with E-state index in [9.17, 15) is 13.2 Å². The Bertz CT molecular complexity index is 592. The van der Waals surface area contributed by atoms with Gasteiger partial charge in [-0.3, -0.25) is 4.79 Å². The molecule has 7 nitrogen and oxygen atoms in total. The third-order valence-electron chi connectivity index (χ3n) is 2.30. The van der Waals surface area contributed by atoms with Gasteiger partial charge in [0.2, 0.25) is 10.0 Å². The van der Waals surface area contributed by atoms with E-state index in [1.165, 1.54) is 6.07 Å². The third-order valence-corrected chi connectivity index (χ3v) is 3.22. The summed E-state index contributed by atoms with van der Waals surface area (Å²) in [5.74, 6) is 1.02. The van der Waals surface area contributed by atoms with Gasteiger partial charge in [0, 0.05) is 24.6 Å². The molecule has 0 aliphatic rings. The van der Waals surface area contributed by atoms with Gasteiger partial charge in [-0.15, -0.1) is 0 Å². The number of H-pyrrole nitrogens is 1. The molecule has 8 heteroatoms. The number of aromatic amines is 1. The summed E-state index contributed by atoms with van der Waals surface area (Å²) in [7, 11) is -3.29. The number of sulfonamides is 1. The number of aromatic nitrogens is 2. The van der Waals surface area contributed by atoms with Crippen LogP contribution in [0.1, 0.15) is 26.6 Å². The van der Waals surface area contributed by atoms with Crippen LogP contribution in [0, 0.1) is 0 Å². The molecule has 1 heterocycles. The minimum Gasteiger partial charge on any atom is -0.368 e. The van der Waals surface area contributed by atoms with Crippen LogP contribution in [0.5, 0.6) is 0 Å². The standard InChI is InChI=1S/C11H20N4O3S/c1-5-8-13-9(6-10(16)14-8)12-7-11(2,3)15-19(4,17)18/h6,15H,5,7H2,1-4H3,(H2,12,13,14,16). The van der Waals surface area contributed by atoms with Crippen LogP contribution < -0.4 is 15.6 Å². The van der Waals surface area contributed by atoms with E-state index in [0.29, 0.717) is 24.6 Å². The number of hydrogen-bond donors (Lipinski definition) is 3. The topological polar surface area (TPSA) is 104 Å². The van der Waals surface area contributed by atoms with Crippen molar-refractivity contribution in [2.75, 3.05) is 18.1 Å². The maximum atomic E-state index is 11.4. The van der Waals surface area contributed by atoms with Crippen molar-refractivity contribution in [2.45, 2.75) is 32.7 Å². The molecule has 108 valence electrons. The predicted molar refractivity (Wildman–Crippen MR) is 74.8 cm³/mol. The van der Waals surface area contributed by atoms with E-state index < -0.39 is 15.6 Å². The zero-order valence-corrected chi connectivity index (χ0v) is 12.4. The fraction of sp³-hybridized carbons (Fsp3) is 0.636. The van der Waals surface area contributed by atoms with Crippen molar-refractivity contribution in [3.8, 4) is 0 Å². The number of anilines is 1. The van der Waals surface area contributed by atoms with Crippen LogP contribution >= 0.6 is 0 Å². The van der Waals surface area contributed by atoms with E-state index in [0.717, 1.165) is 6.26 Å². The van der Waals surface area contributed by atoms with E-state index in [1.807, 2.05) is 6.92 Å². The summed E-state index contributed by atoms with van der Waals surface area (Å²) in [6, 6.07) is 1.34. The maximum Gasteiger partial charge on any atom is 0.252 e. The van der Waals surface area contributed by atoms with Crippen molar-refractivity contribution >= 4 is 15.8 Å². The summed E-state index contributed by atoms with van der Waals surface area (Å²) in [5, 5.41) is 2.96. The minimum absolute atomic E-state index is 0.233. The van der Waals surface area contributed by atoms with Crippen LogP contribution in [0.15, 0.2) is 10.9 Å². The smallest absolute Gasteiger partial charge is 0.252 e. The summed E-state index contributed by atoms with van der Waals surface area (Å²) in [4.78, 5) is 18.2. The highest BCUT2D eigenvalue weighted by atomic mass is 32.2. The van der Waals surface area contributed by atoms with Gasteiger partial charge in [-0.05, 0) is 13.8 Å². The van der Waals surface area contributed by atoms with Crippen LogP contribution in [-0.2, 0) is 16.4 Å². The number of nitrogens with one attached hydrogen (secondary N) is 3. The normalized spacial score (nSPS) is 12.4. The lowest BCUT2D eigenvalue weighted by atomic mass is 10.1. The van der Waals surface area contributed by atoms with Crippen molar-refractivity contribution in [3.63, 3.8) is 0 Å². The summed E-state index contributed by atoms with van der Waals surface area (Å²) in [6.07, 6.45) is 1.73. The molecule has 0 radical (unpaired) electrons. The van der Waals surface area contributed by atoms with Gasteiger partial charge in [-0.2, -0.15) is 0 Å². The van der Waals surface area contributed by atoms with Crippen LogP contribution in [0.4, 0.5) is 5.82 Å².